The second kappa shape index (κ2) is 9.52. The number of rotatable bonds is 5. The van der Waals surface area contributed by atoms with Crippen molar-refractivity contribution in [3.63, 3.8) is 0 Å². The molecule has 5 rings (SSSR count). The van der Waals surface area contributed by atoms with Gasteiger partial charge in [-0.05, 0) is 60.8 Å². The van der Waals surface area contributed by atoms with Crippen LogP contribution in [0.15, 0.2) is 18.5 Å². The number of nitrogens with one attached hydrogen (secondary N) is 2. The van der Waals surface area contributed by atoms with Crippen LogP contribution in [0.1, 0.15) is 41.5 Å². The van der Waals surface area contributed by atoms with Crippen LogP contribution in [0, 0.1) is 0 Å². The molecule has 1 unspecified atom stereocenters. The van der Waals surface area contributed by atoms with Crippen LogP contribution < -0.4 is 14.3 Å². The first-order valence-electron chi connectivity index (χ1n) is 11.2. The van der Waals surface area contributed by atoms with Gasteiger partial charge in [0, 0.05) is 62.1 Å². The molecule has 1 aliphatic heterocycles. The van der Waals surface area contributed by atoms with Crippen LogP contribution in [0.5, 0.6) is 0 Å². The van der Waals surface area contributed by atoms with Crippen LogP contribution >= 0.6 is 0 Å². The number of aryl methyl sites for hydroxylation is 3. The molecule has 0 saturated carbocycles. The number of amides is 3. The first-order chi connectivity index (χ1) is 15.7. The van der Waals surface area contributed by atoms with Crippen molar-refractivity contribution in [3.8, 4) is 0 Å². The molecule has 12 heteroatoms. The van der Waals surface area contributed by atoms with E-state index in [9.17, 15) is 18.0 Å². The van der Waals surface area contributed by atoms with Crippen LogP contribution in [0.4, 0.5) is 16.2 Å². The molecular weight excluding hydrogens is 467 g/mol. The summed E-state index contributed by atoms with van der Waals surface area (Å²) in [6.45, 7) is 0.232. The van der Waals surface area contributed by atoms with Gasteiger partial charge in [-0.3, -0.25) is 9.48 Å². The van der Waals surface area contributed by atoms with Crippen molar-refractivity contribution < 1.29 is 18.0 Å². The Balaban J connectivity index is 0.00000274. The molecule has 1 radical (unpaired) electrons. The Kier molecular flexibility index (Phi) is 7.01. The maximum atomic E-state index is 13.4. The monoisotopic (exact) mass is 495 g/mol. The fourth-order valence-corrected chi connectivity index (χ4v) is 6.63. The van der Waals surface area contributed by atoms with E-state index in [-0.39, 0.29) is 48.4 Å². The molecule has 2 N–H and O–H groups in total. The number of carbonyl (C=O) groups is 2. The Hall–Kier alpha value is -2.08. The molecule has 2 aromatic rings. The number of hydrogen-bond donors (Lipinski definition) is 2. The van der Waals surface area contributed by atoms with Gasteiger partial charge >= 0.3 is 16.2 Å². The molecule has 0 bridgehead atoms. The van der Waals surface area contributed by atoms with Crippen LogP contribution in [0.25, 0.3) is 0 Å². The van der Waals surface area contributed by atoms with E-state index in [2.05, 4.69) is 21.2 Å². The summed E-state index contributed by atoms with van der Waals surface area (Å²) in [4.78, 5) is 26.6. The second-order valence-electron chi connectivity index (χ2n) is 9.10. The zero-order chi connectivity index (χ0) is 23.3. The topological polar surface area (TPSA) is 117 Å². The molecular formula is C22H28N6NaO4S. The predicted molar refractivity (Wildman–Crippen MR) is 129 cm³/mol. The molecule has 2 aliphatic carbocycles. The van der Waals surface area contributed by atoms with Crippen LogP contribution in [-0.4, -0.2) is 84.2 Å². The molecule has 177 valence electrons. The van der Waals surface area contributed by atoms with Gasteiger partial charge in [0.2, 0.25) is 5.91 Å². The SMILES string of the molecule is CN1CC(N(c2cnn(C)c2)S(=O)(=O)NC(=O)Nc2c3c(cc4c2CCC4)CCC3)CC1=O.[Na]. The van der Waals surface area contributed by atoms with Gasteiger partial charge in [-0.2, -0.15) is 13.5 Å². The summed E-state index contributed by atoms with van der Waals surface area (Å²) in [5.74, 6) is -0.149. The van der Waals surface area contributed by atoms with Gasteiger partial charge in [0.15, 0.2) is 0 Å². The van der Waals surface area contributed by atoms with E-state index in [1.807, 2.05) is 0 Å². The summed E-state index contributed by atoms with van der Waals surface area (Å²) >= 11 is 0. The zero-order valence-electron chi connectivity index (χ0n) is 19.8. The molecule has 1 aromatic heterocycles. The van der Waals surface area contributed by atoms with Crippen molar-refractivity contribution in [2.24, 2.45) is 7.05 Å². The summed E-state index contributed by atoms with van der Waals surface area (Å²) in [6, 6.07) is 0.820. The molecule has 3 amide bonds. The van der Waals surface area contributed by atoms with Gasteiger partial charge in [-0.25, -0.2) is 13.8 Å². The number of hydrogen-bond acceptors (Lipinski definition) is 5. The van der Waals surface area contributed by atoms with Gasteiger partial charge in [-0.15, -0.1) is 0 Å². The van der Waals surface area contributed by atoms with E-state index < -0.39 is 22.3 Å². The second-order valence-corrected chi connectivity index (χ2v) is 10.6. The summed E-state index contributed by atoms with van der Waals surface area (Å²) < 4.78 is 31.6. The molecule has 1 atom stereocenters. The number of carbonyl (C=O) groups excluding carboxylic acids is 2. The van der Waals surface area contributed by atoms with Crippen molar-refractivity contribution >= 4 is 63.1 Å². The minimum Gasteiger partial charge on any atom is -0.344 e. The van der Waals surface area contributed by atoms with E-state index in [4.69, 9.17) is 0 Å². The minimum absolute atomic E-state index is 0. The molecule has 34 heavy (non-hydrogen) atoms. The van der Waals surface area contributed by atoms with Gasteiger partial charge in [0.1, 0.15) is 0 Å². The van der Waals surface area contributed by atoms with Crippen molar-refractivity contribution in [2.75, 3.05) is 23.2 Å². The van der Waals surface area contributed by atoms with Gasteiger partial charge < -0.3 is 10.2 Å². The number of benzene rings is 1. The normalized spacial score (nSPS) is 18.9. The van der Waals surface area contributed by atoms with Gasteiger partial charge in [-0.1, -0.05) is 6.07 Å². The molecule has 3 aliphatic rings. The summed E-state index contributed by atoms with van der Waals surface area (Å²) in [6.07, 6.45) is 8.79. The van der Waals surface area contributed by atoms with E-state index in [0.717, 1.165) is 59.6 Å². The van der Waals surface area contributed by atoms with Crippen molar-refractivity contribution in [3.05, 3.63) is 40.7 Å². The Morgan fingerprint density at radius 3 is 2.29 bits per heavy atom. The quantitative estimate of drug-likeness (QED) is 0.603. The summed E-state index contributed by atoms with van der Waals surface area (Å²) in [5.41, 5.74) is 5.81. The largest absolute Gasteiger partial charge is 0.344 e. The van der Waals surface area contributed by atoms with E-state index in [1.165, 1.54) is 26.9 Å². The maximum absolute atomic E-state index is 13.4. The number of likely N-dealkylation sites (tertiary alicyclic amines) is 1. The number of anilines is 2. The Bertz CT molecular complexity index is 1210. The standard InChI is InChI=1S/C22H28N6O4S.Na/c1-26-12-16(10-20(26)29)28(17-11-23-27(2)13-17)33(31,32)25-22(30)24-21-18-7-3-5-14(18)9-15-6-4-8-19(15)21;/h9,11,13,16H,3-8,10,12H2,1-2H3,(H2,24,25,30);. The number of aromatic nitrogens is 2. The molecule has 1 saturated heterocycles. The zero-order valence-corrected chi connectivity index (χ0v) is 22.6. The average Bonchev–Trinajstić information content (AvgIpc) is 3.51. The van der Waals surface area contributed by atoms with Crippen molar-refractivity contribution in [2.45, 2.75) is 51.0 Å². The average molecular weight is 496 g/mol. The Morgan fingerprint density at radius 1 is 1.12 bits per heavy atom. The third-order valence-corrected chi connectivity index (χ3v) is 8.26. The molecule has 1 aromatic carbocycles. The van der Waals surface area contributed by atoms with Crippen molar-refractivity contribution in [1.29, 1.82) is 0 Å². The molecule has 2 heterocycles. The first kappa shape index (κ1) is 25.0. The minimum atomic E-state index is -4.30. The number of nitrogens with zero attached hydrogens (tertiary/aromatic N) is 4. The number of urea groups is 1. The Morgan fingerprint density at radius 2 is 1.76 bits per heavy atom. The fourth-order valence-electron chi connectivity index (χ4n) is 5.34. The van der Waals surface area contributed by atoms with Crippen LogP contribution in [0.2, 0.25) is 0 Å². The smallest absolute Gasteiger partial charge is 0.334 e. The molecule has 10 nitrogen and oxygen atoms in total. The van der Waals surface area contributed by atoms with Gasteiger partial charge in [0.25, 0.3) is 0 Å². The summed E-state index contributed by atoms with van der Waals surface area (Å²) in [5, 5.41) is 6.93. The van der Waals surface area contributed by atoms with Crippen LogP contribution in [-0.2, 0) is 47.7 Å². The number of likely N-dealkylation sites (N-methyl/N-ethyl adjacent to an activating group) is 1. The van der Waals surface area contributed by atoms with Crippen molar-refractivity contribution in [1.82, 2.24) is 19.4 Å². The van der Waals surface area contributed by atoms with E-state index in [0.29, 0.717) is 5.69 Å². The van der Waals surface area contributed by atoms with Crippen LogP contribution in [0.3, 0.4) is 0 Å². The fraction of sp³-hybridized carbons (Fsp3) is 0.500. The predicted octanol–water partition coefficient (Wildman–Crippen LogP) is 1.12. The molecule has 0 spiro atoms. The van der Waals surface area contributed by atoms with Gasteiger partial charge in [0.05, 0.1) is 24.3 Å². The van der Waals surface area contributed by atoms with E-state index in [1.54, 1.807) is 20.3 Å². The first-order valence-corrected chi connectivity index (χ1v) is 12.7. The maximum Gasteiger partial charge on any atom is 0.334 e. The third kappa shape index (κ3) is 4.58. The summed E-state index contributed by atoms with van der Waals surface area (Å²) in [7, 11) is -0.991. The third-order valence-electron chi connectivity index (χ3n) is 6.79. The Labute approximate surface area is 221 Å². The number of fused-ring (bicyclic) bond motifs is 2. The van der Waals surface area contributed by atoms with E-state index >= 15 is 0 Å². The molecule has 1 fully saturated rings.